The number of urea groups is 2. The minimum absolute atomic E-state index is 0.0535. The summed E-state index contributed by atoms with van der Waals surface area (Å²) in [5.74, 6) is 0.823. The summed E-state index contributed by atoms with van der Waals surface area (Å²) in [7, 11) is 0. The van der Waals surface area contributed by atoms with Crippen LogP contribution in [0.25, 0.3) is 0 Å². The number of rotatable bonds is 17. The third kappa shape index (κ3) is 18.2. The number of esters is 2. The first-order chi connectivity index (χ1) is 45.0. The van der Waals surface area contributed by atoms with Crippen LogP contribution in [-0.4, -0.2) is 134 Å². The molecule has 3 fully saturated rings. The lowest BCUT2D eigenvalue weighted by Crippen LogP contribution is -2.47. The Bertz CT molecular complexity index is 3780. The van der Waals surface area contributed by atoms with Gasteiger partial charge in [-0.05, 0) is 119 Å². The van der Waals surface area contributed by atoms with Crippen molar-refractivity contribution in [3.05, 3.63) is 236 Å². The highest BCUT2D eigenvalue weighted by Gasteiger charge is 2.41. The van der Waals surface area contributed by atoms with Gasteiger partial charge >= 0.3 is 24.0 Å². The Morgan fingerprint density at radius 1 is 0.462 bits per heavy atom. The van der Waals surface area contributed by atoms with Crippen LogP contribution < -0.4 is 16.0 Å². The zero-order chi connectivity index (χ0) is 65.8. The van der Waals surface area contributed by atoms with E-state index >= 15 is 0 Å². The lowest BCUT2D eigenvalue weighted by atomic mass is 9.70. The van der Waals surface area contributed by atoms with E-state index in [4.69, 9.17) is 61.0 Å². The van der Waals surface area contributed by atoms with Crippen LogP contribution in [0.1, 0.15) is 118 Å². The first kappa shape index (κ1) is 68.9. The number of likely N-dealkylation sites (tertiary alicyclic amines) is 2. The second kappa shape index (κ2) is 32.9. The molecule has 4 amide bonds. The number of amides is 4. The second-order valence-corrected chi connectivity index (χ2v) is 24.6. The number of carbonyl (C=O) groups excluding carboxylic acids is 5. The summed E-state index contributed by atoms with van der Waals surface area (Å²) >= 11 is 24.1. The van der Waals surface area contributed by atoms with Gasteiger partial charge in [0.1, 0.15) is 24.1 Å². The minimum Gasteiger partial charge on any atom is -0.462 e. The fourth-order valence-electron chi connectivity index (χ4n) is 11.9. The number of ether oxygens (including phenoxy) is 2. The number of hydrogen-bond donors (Lipinski definition) is 4. The molecule has 19 nitrogen and oxygen atoms in total. The average molecular weight is 1340 g/mol. The quantitative estimate of drug-likeness (QED) is 0.0489. The van der Waals surface area contributed by atoms with Gasteiger partial charge in [0, 0.05) is 110 Å². The molecule has 3 aliphatic heterocycles. The third-order valence-electron chi connectivity index (χ3n) is 17.2. The van der Waals surface area contributed by atoms with E-state index in [1.54, 1.807) is 72.4 Å². The van der Waals surface area contributed by atoms with Crippen molar-refractivity contribution in [1.82, 2.24) is 45.0 Å². The highest BCUT2D eigenvalue weighted by molar-refractivity contribution is 6.42. The van der Waals surface area contributed by atoms with Gasteiger partial charge in [-0.1, -0.05) is 137 Å². The highest BCUT2D eigenvalue weighted by Crippen LogP contribution is 2.41. The number of benzene rings is 5. The molecular formula is C70H73Cl4N11O8. The first-order valence-electron chi connectivity index (χ1n) is 30.8. The lowest BCUT2D eigenvalue weighted by Gasteiger charge is -2.42. The van der Waals surface area contributed by atoms with E-state index in [0.29, 0.717) is 106 Å². The van der Waals surface area contributed by atoms with Gasteiger partial charge in [0.2, 0.25) is 0 Å². The SMILES string of the molecule is CCOC(=O)c1cnc(CC2(c3ccccc3)CCN(C(=O)Nc3ccc(Cl)c(Cl)c3)CC2)nc1.CCOC(=O)c1cnc(CC2(c3ccccc3)CCNCC2)nc1.O=C(CO)c1cnc(CC2(c3ccccc3)CCN(C(=O)Nc3ccc(Cl)c(Cl)c3)CC2)nc1. The fraction of sp³-hybridized carbons (Fsp3) is 0.329. The zero-order valence-electron chi connectivity index (χ0n) is 51.7. The van der Waals surface area contributed by atoms with E-state index in [0.717, 1.165) is 63.9 Å². The summed E-state index contributed by atoms with van der Waals surface area (Å²) in [6.07, 6.45) is 16.1. The molecule has 5 aromatic carbocycles. The van der Waals surface area contributed by atoms with Crippen LogP contribution in [0.15, 0.2) is 165 Å². The Morgan fingerprint density at radius 3 is 1.10 bits per heavy atom. The number of Topliss-reactive ketones (excluding diaryl/α,β-unsaturated/α-hetero) is 1. The topological polar surface area (TPSA) is 244 Å². The zero-order valence-corrected chi connectivity index (χ0v) is 54.7. The van der Waals surface area contributed by atoms with Crippen LogP contribution in [0.5, 0.6) is 0 Å². The van der Waals surface area contributed by atoms with E-state index in [-0.39, 0.29) is 39.8 Å². The second-order valence-electron chi connectivity index (χ2n) is 23.0. The molecule has 6 heterocycles. The summed E-state index contributed by atoms with van der Waals surface area (Å²) < 4.78 is 10.00. The Balaban J connectivity index is 0.000000168. The normalized spacial score (nSPS) is 15.4. The van der Waals surface area contributed by atoms with Crippen LogP contribution in [0, 0.1) is 0 Å². The summed E-state index contributed by atoms with van der Waals surface area (Å²) in [4.78, 5) is 91.1. The molecule has 93 heavy (non-hydrogen) atoms. The van der Waals surface area contributed by atoms with Crippen LogP contribution in [0.4, 0.5) is 21.0 Å². The number of aliphatic hydroxyl groups excluding tert-OH is 1. The monoisotopic (exact) mass is 1340 g/mol. The Morgan fingerprint density at radius 2 is 0.785 bits per heavy atom. The van der Waals surface area contributed by atoms with Crippen molar-refractivity contribution < 1.29 is 38.6 Å². The van der Waals surface area contributed by atoms with E-state index in [9.17, 15) is 24.0 Å². The molecule has 3 aromatic heterocycles. The van der Waals surface area contributed by atoms with Gasteiger partial charge in [0.25, 0.3) is 0 Å². The van der Waals surface area contributed by atoms with Crippen molar-refractivity contribution in [3.63, 3.8) is 0 Å². The number of ketones is 1. The molecule has 4 N–H and O–H groups in total. The summed E-state index contributed by atoms with van der Waals surface area (Å²) in [5.41, 5.74) is 5.47. The van der Waals surface area contributed by atoms with E-state index < -0.39 is 18.4 Å². The van der Waals surface area contributed by atoms with Crippen molar-refractivity contribution >= 4 is 87.6 Å². The predicted molar refractivity (Wildman–Crippen MR) is 360 cm³/mol. The molecule has 0 aliphatic carbocycles. The molecule has 0 radical (unpaired) electrons. The third-order valence-corrected chi connectivity index (χ3v) is 18.6. The molecule has 3 aliphatic rings. The molecule has 0 atom stereocenters. The minimum atomic E-state index is -0.573. The maximum atomic E-state index is 12.9. The maximum absolute atomic E-state index is 12.9. The fourth-order valence-corrected chi connectivity index (χ4v) is 12.5. The number of aliphatic hydroxyl groups is 1. The Labute approximate surface area is 561 Å². The van der Waals surface area contributed by atoms with Crippen LogP contribution in [0.2, 0.25) is 20.1 Å². The number of piperidine rings is 3. The number of anilines is 2. The van der Waals surface area contributed by atoms with Crippen LogP contribution in [0.3, 0.4) is 0 Å². The molecule has 0 unspecified atom stereocenters. The van der Waals surface area contributed by atoms with E-state index in [1.165, 1.54) is 41.5 Å². The Kier molecular flexibility index (Phi) is 24.4. The highest BCUT2D eigenvalue weighted by atomic mass is 35.5. The number of hydrogen-bond acceptors (Lipinski definition) is 15. The number of nitrogens with zero attached hydrogens (tertiary/aromatic N) is 8. The molecule has 0 bridgehead atoms. The molecule has 0 saturated carbocycles. The van der Waals surface area contributed by atoms with Crippen molar-refractivity contribution in [3.8, 4) is 0 Å². The standard InChI is InChI=1S/C26H26Cl2N4O3.C25H24Cl2N4O3.C19H23N3O2/c1-2-35-24(33)18-16-29-23(30-17-18)15-26(19-6-4-3-5-7-19)10-12-32(13-11-26)25(34)31-20-8-9-21(27)22(28)14-20;26-20-7-6-19(12-21(20)27)30-24(34)31-10-8-25(9-11-31,18-4-2-1-3-5-18)13-23-28-14-17(15-29-23)22(33)16-32;1-2-24-18(23)15-13-21-17(22-14-15)12-19(8-10-20-11-9-19)16-6-4-3-5-7-16/h3-9,14,16-17H,2,10-13,15H2,1H3,(H,31,34);1-7,12,14-15,32H,8-11,13,16H2,(H,30,34);3-7,13-14,20H,2,8-12H2,1H3. The smallest absolute Gasteiger partial charge is 0.341 e. The van der Waals surface area contributed by atoms with Gasteiger partial charge in [-0.3, -0.25) is 4.79 Å². The number of aromatic nitrogens is 6. The van der Waals surface area contributed by atoms with Crippen molar-refractivity contribution in [2.75, 3.05) is 69.7 Å². The lowest BCUT2D eigenvalue weighted by molar-refractivity contribution is 0.0515. The summed E-state index contributed by atoms with van der Waals surface area (Å²) in [5, 5.41) is 19.9. The van der Waals surface area contributed by atoms with Gasteiger partial charge in [0.05, 0.1) is 50.0 Å². The van der Waals surface area contributed by atoms with Crippen LogP contribution in [-0.2, 0) is 45.0 Å². The molecule has 8 aromatic rings. The molecule has 11 rings (SSSR count). The molecule has 0 spiro atoms. The Hall–Kier alpha value is -8.43. The van der Waals surface area contributed by atoms with Crippen molar-refractivity contribution in [2.45, 2.75) is 87.9 Å². The van der Waals surface area contributed by atoms with Gasteiger partial charge < -0.3 is 40.3 Å². The first-order valence-corrected chi connectivity index (χ1v) is 32.4. The van der Waals surface area contributed by atoms with Gasteiger partial charge in [0.15, 0.2) is 5.78 Å². The van der Waals surface area contributed by atoms with Crippen LogP contribution >= 0.6 is 46.4 Å². The van der Waals surface area contributed by atoms with Crippen molar-refractivity contribution in [1.29, 1.82) is 0 Å². The summed E-state index contributed by atoms with van der Waals surface area (Å²) in [6, 6.07) is 40.7. The largest absolute Gasteiger partial charge is 0.462 e. The number of carbonyl (C=O) groups is 5. The molecule has 23 heteroatoms. The van der Waals surface area contributed by atoms with Gasteiger partial charge in [-0.15, -0.1) is 0 Å². The predicted octanol–water partition coefficient (Wildman–Crippen LogP) is 13.1. The molecule has 3 saturated heterocycles. The van der Waals surface area contributed by atoms with E-state index in [1.807, 2.05) is 42.5 Å². The maximum Gasteiger partial charge on any atom is 0.341 e. The van der Waals surface area contributed by atoms with Crippen molar-refractivity contribution in [2.24, 2.45) is 0 Å². The van der Waals surface area contributed by atoms with Gasteiger partial charge in [-0.25, -0.2) is 49.1 Å². The average Bonchev–Trinajstić information content (AvgIpc) is 0.990. The summed E-state index contributed by atoms with van der Waals surface area (Å²) in [6.45, 7) is 7.87. The molecule has 484 valence electrons. The van der Waals surface area contributed by atoms with E-state index in [2.05, 4.69) is 94.4 Å². The molecular weight excluding hydrogens is 1260 g/mol. The number of nitrogens with one attached hydrogen (secondary N) is 3. The van der Waals surface area contributed by atoms with Gasteiger partial charge in [-0.2, -0.15) is 0 Å². The number of halogens is 4.